The highest BCUT2D eigenvalue weighted by molar-refractivity contribution is 5.93. The molecule has 0 aliphatic heterocycles. The van der Waals surface area contributed by atoms with Crippen molar-refractivity contribution < 1.29 is 4.79 Å². The highest BCUT2D eigenvalue weighted by atomic mass is 16.1. The molecule has 2 heterocycles. The van der Waals surface area contributed by atoms with Crippen LogP contribution in [0.25, 0.3) is 5.65 Å². The monoisotopic (exact) mass is 214 g/mol. The molecule has 0 radical (unpaired) electrons. The minimum atomic E-state index is -0.250. The Morgan fingerprint density at radius 2 is 2.50 bits per heavy atom. The Morgan fingerprint density at radius 3 is 3.25 bits per heavy atom. The number of aryl methyl sites for hydroxylation is 1. The van der Waals surface area contributed by atoms with Crippen molar-refractivity contribution >= 4 is 11.6 Å². The second-order valence-corrected chi connectivity index (χ2v) is 3.32. The quantitative estimate of drug-likeness (QED) is 0.736. The van der Waals surface area contributed by atoms with Crippen molar-refractivity contribution in [1.29, 1.82) is 0 Å². The van der Waals surface area contributed by atoms with E-state index in [4.69, 9.17) is 6.42 Å². The third kappa shape index (κ3) is 1.86. The summed E-state index contributed by atoms with van der Waals surface area (Å²) in [7, 11) is 0. The van der Waals surface area contributed by atoms with E-state index in [1.54, 1.807) is 10.7 Å². The number of fused-ring (bicyclic) bond motifs is 1. The maximum Gasteiger partial charge on any atom is 0.255 e. The lowest BCUT2D eigenvalue weighted by molar-refractivity contribution is 0.0958. The molecule has 0 saturated carbocycles. The van der Waals surface area contributed by atoms with Crippen LogP contribution < -0.4 is 5.32 Å². The van der Waals surface area contributed by atoms with E-state index < -0.39 is 0 Å². The summed E-state index contributed by atoms with van der Waals surface area (Å²) >= 11 is 0. The van der Waals surface area contributed by atoms with Crippen LogP contribution >= 0.6 is 0 Å². The third-order valence-corrected chi connectivity index (χ3v) is 2.05. The number of carbonyl (C=O) groups excluding carboxylic acids is 1. The van der Waals surface area contributed by atoms with Crippen LogP contribution in [0.1, 0.15) is 16.1 Å². The van der Waals surface area contributed by atoms with Gasteiger partial charge in [-0.15, -0.1) is 6.42 Å². The van der Waals surface area contributed by atoms with E-state index in [2.05, 4.69) is 21.3 Å². The van der Waals surface area contributed by atoms with E-state index in [1.807, 2.05) is 13.0 Å². The molecule has 0 fully saturated rings. The van der Waals surface area contributed by atoms with Crippen LogP contribution in [-0.2, 0) is 0 Å². The van der Waals surface area contributed by atoms with Gasteiger partial charge in [0, 0.05) is 18.5 Å². The number of aromatic nitrogens is 3. The Kier molecular flexibility index (Phi) is 2.56. The van der Waals surface area contributed by atoms with E-state index in [1.165, 1.54) is 6.20 Å². The molecule has 5 heteroatoms. The Labute approximate surface area is 92.5 Å². The first-order valence-corrected chi connectivity index (χ1v) is 4.74. The van der Waals surface area contributed by atoms with Crippen molar-refractivity contribution in [2.45, 2.75) is 6.92 Å². The van der Waals surface area contributed by atoms with Crippen LogP contribution in [0.5, 0.6) is 0 Å². The average molecular weight is 214 g/mol. The Morgan fingerprint density at radius 1 is 1.69 bits per heavy atom. The summed E-state index contributed by atoms with van der Waals surface area (Å²) < 4.78 is 1.57. The SMILES string of the molecule is C#CCNC(=O)c1cnc2cc(C)nn2c1. The van der Waals surface area contributed by atoms with Gasteiger partial charge in [0.25, 0.3) is 5.91 Å². The Bertz CT molecular complexity index is 579. The summed E-state index contributed by atoms with van der Waals surface area (Å²) in [6.45, 7) is 2.07. The fourth-order valence-electron chi connectivity index (χ4n) is 1.35. The molecule has 2 aromatic rings. The molecule has 2 aromatic heterocycles. The van der Waals surface area contributed by atoms with Crippen LogP contribution in [0, 0.1) is 19.3 Å². The van der Waals surface area contributed by atoms with Gasteiger partial charge >= 0.3 is 0 Å². The smallest absolute Gasteiger partial charge is 0.255 e. The van der Waals surface area contributed by atoms with Crippen LogP contribution in [0.4, 0.5) is 0 Å². The molecular formula is C11H10N4O. The van der Waals surface area contributed by atoms with Crippen molar-refractivity contribution in [3.8, 4) is 12.3 Å². The molecule has 0 atom stereocenters. The highest BCUT2D eigenvalue weighted by Crippen LogP contribution is 2.04. The Hall–Kier alpha value is -2.35. The summed E-state index contributed by atoms with van der Waals surface area (Å²) in [6, 6.07) is 1.84. The third-order valence-electron chi connectivity index (χ3n) is 2.05. The number of hydrogen-bond acceptors (Lipinski definition) is 3. The van der Waals surface area contributed by atoms with Gasteiger partial charge in [-0.3, -0.25) is 4.79 Å². The molecule has 0 aromatic carbocycles. The minimum Gasteiger partial charge on any atom is -0.341 e. The van der Waals surface area contributed by atoms with Crippen molar-refractivity contribution in [1.82, 2.24) is 19.9 Å². The number of rotatable bonds is 2. The first-order valence-electron chi connectivity index (χ1n) is 4.74. The zero-order valence-electron chi connectivity index (χ0n) is 8.77. The summed E-state index contributed by atoms with van der Waals surface area (Å²) in [6.07, 6.45) is 8.18. The first-order chi connectivity index (χ1) is 7.70. The normalized spacial score (nSPS) is 10.0. The zero-order valence-corrected chi connectivity index (χ0v) is 8.77. The van der Waals surface area contributed by atoms with Gasteiger partial charge in [-0.25, -0.2) is 9.50 Å². The lowest BCUT2D eigenvalue weighted by Crippen LogP contribution is -2.24. The van der Waals surface area contributed by atoms with Crippen LogP contribution in [0.2, 0.25) is 0 Å². The molecular weight excluding hydrogens is 204 g/mol. The summed E-state index contributed by atoms with van der Waals surface area (Å²) in [4.78, 5) is 15.7. The van der Waals surface area contributed by atoms with Gasteiger partial charge in [0.15, 0.2) is 5.65 Å². The summed E-state index contributed by atoms with van der Waals surface area (Å²) in [5.41, 5.74) is 2.01. The molecule has 0 unspecified atom stereocenters. The topological polar surface area (TPSA) is 59.3 Å². The van der Waals surface area contributed by atoms with E-state index >= 15 is 0 Å². The maximum atomic E-state index is 11.6. The predicted molar refractivity (Wildman–Crippen MR) is 58.9 cm³/mol. The summed E-state index contributed by atoms with van der Waals surface area (Å²) in [5, 5.41) is 6.73. The number of hydrogen-bond donors (Lipinski definition) is 1. The second-order valence-electron chi connectivity index (χ2n) is 3.32. The van der Waals surface area contributed by atoms with Crippen molar-refractivity contribution in [2.75, 3.05) is 6.54 Å². The molecule has 0 bridgehead atoms. The van der Waals surface area contributed by atoms with Gasteiger partial charge in [-0.1, -0.05) is 5.92 Å². The number of amides is 1. The van der Waals surface area contributed by atoms with Crippen LogP contribution in [-0.4, -0.2) is 27.0 Å². The van der Waals surface area contributed by atoms with Crippen molar-refractivity contribution in [3.05, 3.63) is 29.7 Å². The molecule has 0 aliphatic carbocycles. The van der Waals surface area contributed by atoms with Crippen LogP contribution in [0.15, 0.2) is 18.5 Å². The molecule has 0 saturated heterocycles. The predicted octanol–water partition coefficient (Wildman–Crippen LogP) is 0.401. The maximum absolute atomic E-state index is 11.6. The molecule has 16 heavy (non-hydrogen) atoms. The minimum absolute atomic E-state index is 0.203. The lowest BCUT2D eigenvalue weighted by atomic mass is 10.3. The first kappa shape index (κ1) is 10.2. The van der Waals surface area contributed by atoms with E-state index in [0.717, 1.165) is 5.69 Å². The van der Waals surface area contributed by atoms with Gasteiger partial charge in [-0.05, 0) is 6.92 Å². The fraction of sp³-hybridized carbons (Fsp3) is 0.182. The largest absolute Gasteiger partial charge is 0.341 e. The second kappa shape index (κ2) is 4.03. The molecule has 80 valence electrons. The van der Waals surface area contributed by atoms with Gasteiger partial charge in [0.2, 0.25) is 0 Å². The van der Waals surface area contributed by atoms with Gasteiger partial charge in [0.1, 0.15) is 0 Å². The van der Waals surface area contributed by atoms with E-state index in [-0.39, 0.29) is 12.5 Å². The van der Waals surface area contributed by atoms with Crippen LogP contribution in [0.3, 0.4) is 0 Å². The molecule has 5 nitrogen and oxygen atoms in total. The number of nitrogens with one attached hydrogen (secondary N) is 1. The van der Waals surface area contributed by atoms with Gasteiger partial charge in [0.05, 0.1) is 17.8 Å². The lowest BCUT2D eigenvalue weighted by Gasteiger charge is -2.01. The van der Waals surface area contributed by atoms with Gasteiger partial charge in [-0.2, -0.15) is 5.10 Å². The number of terminal acetylenes is 1. The Balaban J connectivity index is 2.32. The summed E-state index contributed by atoms with van der Waals surface area (Å²) in [5.74, 6) is 2.09. The van der Waals surface area contributed by atoms with Crippen molar-refractivity contribution in [2.24, 2.45) is 0 Å². The molecule has 0 spiro atoms. The molecule has 1 amide bonds. The molecule has 1 N–H and O–H groups in total. The van der Waals surface area contributed by atoms with Gasteiger partial charge < -0.3 is 5.32 Å². The highest BCUT2D eigenvalue weighted by Gasteiger charge is 2.07. The number of nitrogens with zero attached hydrogens (tertiary/aromatic N) is 3. The van der Waals surface area contributed by atoms with Crippen molar-refractivity contribution in [3.63, 3.8) is 0 Å². The van der Waals surface area contributed by atoms with E-state index in [0.29, 0.717) is 11.2 Å². The molecule has 0 aliphatic rings. The van der Waals surface area contributed by atoms with E-state index in [9.17, 15) is 4.79 Å². The average Bonchev–Trinajstić information content (AvgIpc) is 2.64. The fourth-order valence-corrected chi connectivity index (χ4v) is 1.35. The molecule has 2 rings (SSSR count). The standard InChI is InChI=1S/C11H10N4O/c1-3-4-12-11(16)9-6-13-10-5-8(2)14-15(10)7-9/h1,5-7H,4H2,2H3,(H,12,16). The number of carbonyl (C=O) groups is 1. The zero-order chi connectivity index (χ0) is 11.5.